The van der Waals surface area contributed by atoms with Crippen molar-refractivity contribution in [2.24, 2.45) is 5.92 Å². The second kappa shape index (κ2) is 7.04. The summed E-state index contributed by atoms with van der Waals surface area (Å²) in [5.74, 6) is -0.853. The number of anilines is 2. The molecule has 0 saturated heterocycles. The summed E-state index contributed by atoms with van der Waals surface area (Å²) in [7, 11) is 3.61. The van der Waals surface area contributed by atoms with Crippen molar-refractivity contribution < 1.29 is 13.6 Å². The van der Waals surface area contributed by atoms with Crippen molar-refractivity contribution in [1.29, 1.82) is 0 Å². The number of pyridine rings is 1. The van der Waals surface area contributed by atoms with Gasteiger partial charge in [-0.1, -0.05) is 6.92 Å². The largest absolute Gasteiger partial charge is 0.374 e. The van der Waals surface area contributed by atoms with E-state index in [0.29, 0.717) is 34.7 Å². The van der Waals surface area contributed by atoms with Crippen molar-refractivity contribution in [3.63, 3.8) is 0 Å². The quantitative estimate of drug-likeness (QED) is 0.509. The number of rotatable bonds is 5. The van der Waals surface area contributed by atoms with Crippen LogP contribution in [0, 0.1) is 11.7 Å². The molecule has 1 aliphatic rings. The molecule has 2 unspecified atom stereocenters. The fourth-order valence-corrected chi connectivity index (χ4v) is 4.12. The normalized spacial score (nSPS) is 18.0. The number of aromatic nitrogens is 4. The summed E-state index contributed by atoms with van der Waals surface area (Å²) in [6.45, 7) is 1.92. The molecule has 1 aliphatic carbocycles. The molecular weight excluding hydrogens is 402 g/mol. The van der Waals surface area contributed by atoms with Crippen LogP contribution in [0.4, 0.5) is 20.3 Å². The first kappa shape index (κ1) is 19.5. The average Bonchev–Trinajstić information content (AvgIpc) is 3.11. The van der Waals surface area contributed by atoms with Crippen LogP contribution in [0.25, 0.3) is 27.7 Å². The van der Waals surface area contributed by atoms with Crippen molar-refractivity contribution in [3.8, 4) is 11.1 Å². The molecule has 0 spiro atoms. The number of imidazole rings is 1. The second-order valence-corrected chi connectivity index (χ2v) is 8.08. The van der Waals surface area contributed by atoms with E-state index in [-0.39, 0.29) is 18.1 Å². The molecule has 1 amide bonds. The molecule has 31 heavy (non-hydrogen) atoms. The summed E-state index contributed by atoms with van der Waals surface area (Å²) in [6, 6.07) is 3.69. The number of aromatic amines is 1. The molecule has 1 aromatic carbocycles. The lowest BCUT2D eigenvalue weighted by Crippen LogP contribution is -2.15. The van der Waals surface area contributed by atoms with Crippen LogP contribution in [0.1, 0.15) is 18.9 Å². The predicted molar refractivity (Wildman–Crippen MR) is 116 cm³/mol. The zero-order valence-corrected chi connectivity index (χ0v) is 17.4. The van der Waals surface area contributed by atoms with Gasteiger partial charge >= 0.3 is 0 Å². The van der Waals surface area contributed by atoms with Crippen molar-refractivity contribution in [2.75, 3.05) is 24.3 Å². The summed E-state index contributed by atoms with van der Waals surface area (Å²) in [6.07, 6.45) is 4.95. The van der Waals surface area contributed by atoms with Crippen LogP contribution in [0.3, 0.4) is 0 Å². The minimum absolute atomic E-state index is 0.262. The van der Waals surface area contributed by atoms with Crippen molar-refractivity contribution >= 4 is 34.0 Å². The highest BCUT2D eigenvalue weighted by Gasteiger charge is 2.43. The third kappa shape index (κ3) is 3.11. The topological polar surface area (TPSA) is 78.3 Å². The number of halogens is 2. The molecule has 4 aromatic rings. The number of amides is 1. The molecule has 5 rings (SSSR count). The fourth-order valence-electron chi connectivity index (χ4n) is 4.12. The Morgan fingerprint density at radius 2 is 2.13 bits per heavy atom. The highest BCUT2D eigenvalue weighted by atomic mass is 19.1. The monoisotopic (exact) mass is 424 g/mol. The van der Waals surface area contributed by atoms with Crippen molar-refractivity contribution in [1.82, 2.24) is 19.6 Å². The Kier molecular flexibility index (Phi) is 4.42. The number of nitrogens with zero attached hydrogens (tertiary/aromatic N) is 4. The molecule has 7 nitrogen and oxygen atoms in total. The maximum atomic E-state index is 15.5. The third-order valence-corrected chi connectivity index (χ3v) is 5.76. The lowest BCUT2D eigenvalue weighted by molar-refractivity contribution is -0.117. The first-order valence-corrected chi connectivity index (χ1v) is 10.2. The molecule has 0 bridgehead atoms. The standard InChI is InChI=1S/C22H22F2N6O/c1-4-12-18(14-8-25-28-20(14)21(19(12)24)29(2)3)11-5-6-17-26-16(10-30(17)9-11)27-22(31)13-7-15(13)23/h5-6,8-10,13,15H,4,7H2,1-3H3,(H,25,28)(H,27,31). The van der Waals surface area contributed by atoms with Crippen LogP contribution in [0.2, 0.25) is 0 Å². The van der Waals surface area contributed by atoms with Gasteiger partial charge in [0.1, 0.15) is 11.8 Å². The molecular formula is C22H22F2N6O. The van der Waals surface area contributed by atoms with E-state index in [1.165, 1.54) is 0 Å². The SMILES string of the molecule is CCc1c(F)c(N(C)C)c2[nH]ncc2c1-c1ccc2nc(NC(=O)C3CC3F)cn2c1. The number of carbonyl (C=O) groups is 1. The maximum absolute atomic E-state index is 15.5. The maximum Gasteiger partial charge on any atom is 0.231 e. The van der Waals surface area contributed by atoms with Crippen molar-refractivity contribution in [3.05, 3.63) is 42.1 Å². The van der Waals surface area contributed by atoms with E-state index >= 15 is 4.39 Å². The highest BCUT2D eigenvalue weighted by Crippen LogP contribution is 2.40. The lowest BCUT2D eigenvalue weighted by Gasteiger charge is -2.20. The van der Waals surface area contributed by atoms with Crippen LogP contribution >= 0.6 is 0 Å². The number of hydrogen-bond acceptors (Lipinski definition) is 4. The number of fused-ring (bicyclic) bond motifs is 2. The Hall–Kier alpha value is -3.49. The van der Waals surface area contributed by atoms with Crippen LogP contribution < -0.4 is 10.2 Å². The van der Waals surface area contributed by atoms with Gasteiger partial charge < -0.3 is 14.6 Å². The summed E-state index contributed by atoms with van der Waals surface area (Å²) in [4.78, 5) is 18.1. The average molecular weight is 424 g/mol. The molecule has 9 heteroatoms. The van der Waals surface area contributed by atoms with Crippen LogP contribution in [-0.4, -0.2) is 45.8 Å². The van der Waals surface area contributed by atoms with Gasteiger partial charge in [0.2, 0.25) is 5.91 Å². The number of hydrogen-bond donors (Lipinski definition) is 2. The molecule has 0 radical (unpaired) electrons. The Labute approximate surface area is 177 Å². The Bertz CT molecular complexity index is 1320. The van der Waals surface area contributed by atoms with Gasteiger partial charge in [-0.15, -0.1) is 0 Å². The van der Waals surface area contributed by atoms with E-state index in [2.05, 4.69) is 20.5 Å². The number of alkyl halides is 1. The number of benzene rings is 1. The molecule has 0 aliphatic heterocycles. The summed E-state index contributed by atoms with van der Waals surface area (Å²) >= 11 is 0. The number of nitrogens with one attached hydrogen (secondary N) is 2. The first-order valence-electron chi connectivity index (χ1n) is 10.2. The zero-order valence-electron chi connectivity index (χ0n) is 17.4. The van der Waals surface area contributed by atoms with E-state index in [1.807, 2.05) is 25.3 Å². The van der Waals surface area contributed by atoms with Gasteiger partial charge in [0, 0.05) is 31.2 Å². The zero-order chi connectivity index (χ0) is 21.9. The fraction of sp³-hybridized carbons (Fsp3) is 0.318. The first-order chi connectivity index (χ1) is 14.9. The summed E-state index contributed by atoms with van der Waals surface area (Å²) < 4.78 is 30.4. The van der Waals surface area contributed by atoms with Gasteiger partial charge in [-0.2, -0.15) is 5.10 Å². The van der Waals surface area contributed by atoms with Gasteiger partial charge in [0.15, 0.2) is 11.6 Å². The van der Waals surface area contributed by atoms with E-state index in [4.69, 9.17) is 0 Å². The summed E-state index contributed by atoms with van der Waals surface area (Å²) in [5.41, 5.74) is 3.92. The van der Waals surface area contributed by atoms with Gasteiger partial charge in [-0.25, -0.2) is 13.8 Å². The molecule has 2 N–H and O–H groups in total. The Morgan fingerprint density at radius 3 is 2.81 bits per heavy atom. The number of H-pyrrole nitrogens is 1. The molecule has 1 fully saturated rings. The molecule has 160 valence electrons. The summed E-state index contributed by atoms with van der Waals surface area (Å²) in [5, 5.41) is 10.6. The van der Waals surface area contributed by atoms with Gasteiger partial charge in [0.05, 0.1) is 29.5 Å². The predicted octanol–water partition coefficient (Wildman–Crippen LogP) is 3.94. The second-order valence-electron chi connectivity index (χ2n) is 8.08. The molecule has 3 aromatic heterocycles. The van der Waals surface area contributed by atoms with E-state index < -0.39 is 12.1 Å². The van der Waals surface area contributed by atoms with Gasteiger partial charge in [0.25, 0.3) is 0 Å². The minimum atomic E-state index is -1.06. The Morgan fingerprint density at radius 1 is 1.35 bits per heavy atom. The van der Waals surface area contributed by atoms with E-state index in [1.54, 1.807) is 35.8 Å². The smallest absolute Gasteiger partial charge is 0.231 e. The molecule has 1 saturated carbocycles. The lowest BCUT2D eigenvalue weighted by atomic mass is 9.94. The molecule has 2 atom stereocenters. The number of carbonyl (C=O) groups excluding carboxylic acids is 1. The van der Waals surface area contributed by atoms with Crippen LogP contribution in [0.15, 0.2) is 30.7 Å². The van der Waals surface area contributed by atoms with Crippen LogP contribution in [0.5, 0.6) is 0 Å². The molecule has 3 heterocycles. The van der Waals surface area contributed by atoms with Crippen molar-refractivity contribution in [2.45, 2.75) is 25.9 Å². The van der Waals surface area contributed by atoms with E-state index in [0.717, 1.165) is 16.5 Å². The Balaban J connectivity index is 1.61. The van der Waals surface area contributed by atoms with Crippen LogP contribution in [-0.2, 0) is 11.2 Å². The highest BCUT2D eigenvalue weighted by molar-refractivity contribution is 6.03. The van der Waals surface area contributed by atoms with Gasteiger partial charge in [-0.3, -0.25) is 9.89 Å². The van der Waals surface area contributed by atoms with E-state index in [9.17, 15) is 9.18 Å². The van der Waals surface area contributed by atoms with Gasteiger partial charge in [-0.05, 0) is 36.1 Å². The minimum Gasteiger partial charge on any atom is -0.374 e. The third-order valence-electron chi connectivity index (χ3n) is 5.76.